The first-order valence-corrected chi connectivity index (χ1v) is 8.17. The van der Waals surface area contributed by atoms with Crippen molar-refractivity contribution in [1.82, 2.24) is 10.6 Å². The normalized spacial score (nSPS) is 17.8. The van der Waals surface area contributed by atoms with E-state index in [0.29, 0.717) is 12.6 Å². The molecule has 1 fully saturated rings. The molecule has 0 bridgehead atoms. The molecular weight excluding hydrogens is 304 g/mol. The van der Waals surface area contributed by atoms with Crippen LogP contribution < -0.4 is 20.3 Å². The largest absolute Gasteiger partial charge is 0.495 e. The zero-order chi connectivity index (χ0) is 16.8. The summed E-state index contributed by atoms with van der Waals surface area (Å²) in [6.07, 6.45) is 2.73. The molecule has 24 heavy (non-hydrogen) atoms. The number of nitrogens with one attached hydrogen (secondary N) is 2. The maximum atomic E-state index is 5.47. The van der Waals surface area contributed by atoms with Crippen LogP contribution in [0.25, 0.3) is 0 Å². The Labute approximate surface area is 142 Å². The van der Waals surface area contributed by atoms with Gasteiger partial charge in [0.15, 0.2) is 5.96 Å². The zero-order valence-electron chi connectivity index (χ0n) is 14.2. The van der Waals surface area contributed by atoms with Gasteiger partial charge in [-0.2, -0.15) is 0 Å². The Kier molecular flexibility index (Phi) is 5.25. The van der Waals surface area contributed by atoms with E-state index in [1.165, 1.54) is 0 Å². The third kappa shape index (κ3) is 3.82. The van der Waals surface area contributed by atoms with E-state index in [0.717, 1.165) is 42.7 Å². The molecule has 1 aliphatic rings. The van der Waals surface area contributed by atoms with Gasteiger partial charge in [0.05, 0.1) is 25.6 Å². The van der Waals surface area contributed by atoms with Crippen LogP contribution in [0.1, 0.15) is 12.2 Å². The van der Waals surface area contributed by atoms with Crippen molar-refractivity contribution in [1.29, 1.82) is 0 Å². The minimum Gasteiger partial charge on any atom is -0.495 e. The average molecular weight is 328 g/mol. The molecule has 0 aliphatic carbocycles. The van der Waals surface area contributed by atoms with Crippen molar-refractivity contribution in [2.75, 3.05) is 32.1 Å². The number of hydrogen-bond acceptors (Lipinski definition) is 4. The Balaban J connectivity index is 1.55. The third-order valence-corrected chi connectivity index (χ3v) is 4.19. The smallest absolute Gasteiger partial charge is 0.191 e. The van der Waals surface area contributed by atoms with E-state index >= 15 is 0 Å². The molecule has 6 nitrogen and oxygen atoms in total. The minimum absolute atomic E-state index is 0.345. The Morgan fingerprint density at radius 3 is 2.96 bits per heavy atom. The highest BCUT2D eigenvalue weighted by molar-refractivity contribution is 5.80. The van der Waals surface area contributed by atoms with Crippen LogP contribution in [-0.4, -0.2) is 39.2 Å². The number of benzene rings is 1. The second-order valence-electron chi connectivity index (χ2n) is 5.75. The van der Waals surface area contributed by atoms with E-state index in [1.54, 1.807) is 20.4 Å². The predicted molar refractivity (Wildman–Crippen MR) is 95.7 cm³/mol. The van der Waals surface area contributed by atoms with Crippen LogP contribution in [0.15, 0.2) is 52.1 Å². The standard InChI is InChI=1S/C18H24N4O2/c1-19-18(20-12-15-6-5-11-24-15)21-14-9-10-22(13-14)16-7-3-4-8-17(16)23-2/h3-8,11,14H,9-10,12-13H2,1-2H3,(H2,19,20,21). The van der Waals surface area contributed by atoms with Gasteiger partial charge in [0.1, 0.15) is 11.5 Å². The molecule has 1 saturated heterocycles. The molecule has 0 spiro atoms. The van der Waals surface area contributed by atoms with Crippen LogP contribution in [0, 0.1) is 0 Å². The van der Waals surface area contributed by atoms with Gasteiger partial charge < -0.3 is 24.7 Å². The number of furan rings is 1. The number of nitrogens with zero attached hydrogens (tertiary/aromatic N) is 2. The Morgan fingerprint density at radius 2 is 2.21 bits per heavy atom. The Hall–Kier alpha value is -2.63. The summed E-state index contributed by atoms with van der Waals surface area (Å²) in [7, 11) is 3.50. The summed E-state index contributed by atoms with van der Waals surface area (Å²) in [5.41, 5.74) is 1.14. The van der Waals surface area contributed by atoms with E-state index in [9.17, 15) is 0 Å². The highest BCUT2D eigenvalue weighted by Gasteiger charge is 2.25. The maximum absolute atomic E-state index is 5.47. The van der Waals surface area contributed by atoms with E-state index in [-0.39, 0.29) is 0 Å². The lowest BCUT2D eigenvalue weighted by Crippen LogP contribution is -2.44. The van der Waals surface area contributed by atoms with Crippen LogP contribution >= 0.6 is 0 Å². The lowest BCUT2D eigenvalue weighted by molar-refractivity contribution is 0.415. The fraction of sp³-hybridized carbons (Fsp3) is 0.389. The highest BCUT2D eigenvalue weighted by atomic mass is 16.5. The Morgan fingerprint density at radius 1 is 1.33 bits per heavy atom. The molecule has 3 rings (SSSR count). The average Bonchev–Trinajstić information content (AvgIpc) is 3.30. The van der Waals surface area contributed by atoms with Gasteiger partial charge in [-0.25, -0.2) is 0 Å². The molecule has 2 N–H and O–H groups in total. The number of guanidine groups is 1. The van der Waals surface area contributed by atoms with Gasteiger partial charge in [0.2, 0.25) is 0 Å². The molecule has 0 radical (unpaired) electrons. The minimum atomic E-state index is 0.345. The van der Waals surface area contributed by atoms with Crippen LogP contribution in [0.2, 0.25) is 0 Å². The second-order valence-corrected chi connectivity index (χ2v) is 5.75. The van der Waals surface area contributed by atoms with Crippen molar-refractivity contribution < 1.29 is 9.15 Å². The molecule has 6 heteroatoms. The van der Waals surface area contributed by atoms with Gasteiger partial charge in [-0.1, -0.05) is 12.1 Å². The molecule has 128 valence electrons. The number of methoxy groups -OCH3 is 1. The third-order valence-electron chi connectivity index (χ3n) is 4.19. The summed E-state index contributed by atoms with van der Waals surface area (Å²) in [4.78, 5) is 6.64. The summed E-state index contributed by atoms with van der Waals surface area (Å²) < 4.78 is 10.8. The summed E-state index contributed by atoms with van der Waals surface area (Å²) in [5.74, 6) is 2.59. The van der Waals surface area contributed by atoms with Crippen LogP contribution in [0.3, 0.4) is 0 Å². The van der Waals surface area contributed by atoms with Gasteiger partial charge in [0, 0.05) is 26.2 Å². The fourth-order valence-corrected chi connectivity index (χ4v) is 2.96. The van der Waals surface area contributed by atoms with Crippen LogP contribution in [-0.2, 0) is 6.54 Å². The van der Waals surface area contributed by atoms with E-state index in [4.69, 9.17) is 9.15 Å². The van der Waals surface area contributed by atoms with E-state index in [2.05, 4.69) is 26.6 Å². The first-order chi connectivity index (χ1) is 11.8. The van der Waals surface area contributed by atoms with E-state index < -0.39 is 0 Å². The molecule has 1 aliphatic heterocycles. The SMILES string of the molecule is CN=C(NCc1ccco1)NC1CCN(c2ccccc2OC)C1. The van der Waals surface area contributed by atoms with Crippen molar-refractivity contribution in [3.63, 3.8) is 0 Å². The monoisotopic (exact) mass is 328 g/mol. The first-order valence-electron chi connectivity index (χ1n) is 8.17. The van der Waals surface area contributed by atoms with Gasteiger partial charge in [-0.3, -0.25) is 4.99 Å². The van der Waals surface area contributed by atoms with Crippen molar-refractivity contribution in [3.8, 4) is 5.75 Å². The molecular formula is C18H24N4O2. The number of anilines is 1. The summed E-state index contributed by atoms with van der Waals surface area (Å²) in [6, 6.07) is 12.3. The highest BCUT2D eigenvalue weighted by Crippen LogP contribution is 2.30. The van der Waals surface area contributed by atoms with Gasteiger partial charge in [-0.15, -0.1) is 0 Å². The molecule has 0 saturated carbocycles. The number of para-hydroxylation sites is 2. The maximum Gasteiger partial charge on any atom is 0.191 e. The van der Waals surface area contributed by atoms with Crippen LogP contribution in [0.5, 0.6) is 5.75 Å². The number of hydrogen-bond donors (Lipinski definition) is 2. The zero-order valence-corrected chi connectivity index (χ0v) is 14.2. The van der Waals surface area contributed by atoms with Crippen molar-refractivity contribution in [2.24, 2.45) is 4.99 Å². The molecule has 1 atom stereocenters. The summed E-state index contributed by atoms with van der Waals surface area (Å²) >= 11 is 0. The fourth-order valence-electron chi connectivity index (χ4n) is 2.96. The quantitative estimate of drug-likeness (QED) is 0.651. The molecule has 1 aromatic heterocycles. The Bertz CT molecular complexity index is 669. The molecule has 1 unspecified atom stereocenters. The lowest BCUT2D eigenvalue weighted by Gasteiger charge is -2.22. The van der Waals surface area contributed by atoms with Crippen molar-refractivity contribution in [2.45, 2.75) is 19.0 Å². The van der Waals surface area contributed by atoms with Crippen molar-refractivity contribution >= 4 is 11.6 Å². The second kappa shape index (κ2) is 7.77. The number of aliphatic imine (C=N–C) groups is 1. The van der Waals surface area contributed by atoms with Crippen LogP contribution in [0.4, 0.5) is 5.69 Å². The van der Waals surface area contributed by atoms with Gasteiger partial charge in [-0.05, 0) is 30.7 Å². The molecule has 2 heterocycles. The number of rotatable bonds is 5. The molecule has 0 amide bonds. The first kappa shape index (κ1) is 16.2. The predicted octanol–water partition coefficient (Wildman–Crippen LogP) is 2.23. The summed E-state index contributed by atoms with van der Waals surface area (Å²) in [6.45, 7) is 2.53. The lowest BCUT2D eigenvalue weighted by atomic mass is 10.2. The van der Waals surface area contributed by atoms with Gasteiger partial charge in [0.25, 0.3) is 0 Å². The van der Waals surface area contributed by atoms with Crippen molar-refractivity contribution in [3.05, 3.63) is 48.4 Å². The topological polar surface area (TPSA) is 62.0 Å². The van der Waals surface area contributed by atoms with E-state index in [1.807, 2.05) is 30.3 Å². The molecule has 1 aromatic carbocycles. The number of ether oxygens (including phenoxy) is 1. The molecule has 2 aromatic rings. The summed E-state index contributed by atoms with van der Waals surface area (Å²) in [5, 5.41) is 6.76. The van der Waals surface area contributed by atoms with Gasteiger partial charge >= 0.3 is 0 Å².